The molecule has 1 unspecified atom stereocenters. The highest BCUT2D eigenvalue weighted by atomic mass is 32.1. The first-order valence-corrected chi connectivity index (χ1v) is 5.90. The summed E-state index contributed by atoms with van der Waals surface area (Å²) in [4.78, 5) is 22.8. The molecule has 0 bridgehead atoms. The van der Waals surface area contributed by atoms with E-state index in [0.29, 0.717) is 0 Å². The Balaban J connectivity index is 1.88. The third kappa shape index (κ3) is 3.61. The van der Waals surface area contributed by atoms with E-state index in [1.54, 1.807) is 0 Å². The molecule has 1 aliphatic heterocycles. The van der Waals surface area contributed by atoms with E-state index in [-0.39, 0.29) is 29.9 Å². The van der Waals surface area contributed by atoms with Crippen LogP contribution in [0.5, 0.6) is 0 Å². The lowest BCUT2D eigenvalue weighted by atomic mass is 10.3. The van der Waals surface area contributed by atoms with Crippen LogP contribution in [0.15, 0.2) is 0 Å². The number of nitrogens with one attached hydrogen (secondary N) is 2. The smallest absolute Gasteiger partial charge is 0.352 e. The van der Waals surface area contributed by atoms with Gasteiger partial charge in [0, 0.05) is 0 Å². The average molecular weight is 312 g/mol. The Labute approximate surface area is 113 Å². The number of aromatic nitrogens is 2. The van der Waals surface area contributed by atoms with Gasteiger partial charge in [-0.3, -0.25) is 15.4 Å². The third-order valence-corrected chi connectivity index (χ3v) is 2.92. The quantitative estimate of drug-likeness (QED) is 0.828. The van der Waals surface area contributed by atoms with E-state index in [1.807, 2.05) is 10.6 Å². The molecule has 2 heterocycles. The molecule has 20 heavy (non-hydrogen) atoms. The van der Waals surface area contributed by atoms with E-state index in [9.17, 15) is 22.8 Å². The molecule has 2 rings (SSSR count). The first-order valence-electron chi connectivity index (χ1n) is 5.08. The van der Waals surface area contributed by atoms with Crippen molar-refractivity contribution in [2.45, 2.75) is 12.3 Å². The number of nitrogens with zero attached hydrogens (tertiary/aromatic N) is 2. The predicted octanol–water partition coefficient (Wildman–Crippen LogP) is 0.578. The summed E-state index contributed by atoms with van der Waals surface area (Å²) < 4.78 is 46.3. The maximum Gasteiger partial charge on any atom is 0.445 e. The van der Waals surface area contributed by atoms with Crippen molar-refractivity contribution < 1.29 is 32.2 Å². The fraction of sp³-hybridized carbons (Fsp3) is 0.500. The average Bonchev–Trinajstić information content (AvgIpc) is 2.97. The van der Waals surface area contributed by atoms with E-state index < -0.39 is 29.2 Å². The molecule has 1 fully saturated rings. The second-order valence-corrected chi connectivity index (χ2v) is 4.47. The molecule has 0 saturated carbocycles. The molecule has 1 saturated heterocycles. The number of carbonyl (C=O) groups is 2. The predicted molar refractivity (Wildman–Crippen MR) is 57.8 cm³/mol. The van der Waals surface area contributed by atoms with Gasteiger partial charge < -0.3 is 9.47 Å². The van der Waals surface area contributed by atoms with Crippen LogP contribution in [0.3, 0.4) is 0 Å². The van der Waals surface area contributed by atoms with Crippen LogP contribution in [0.1, 0.15) is 5.01 Å². The first-order chi connectivity index (χ1) is 9.36. The molecule has 8 nitrogen and oxygen atoms in total. The Morgan fingerprint density at radius 3 is 2.65 bits per heavy atom. The number of ether oxygens (including phenoxy) is 2. The number of hydrogen-bond donors (Lipinski definition) is 2. The van der Waals surface area contributed by atoms with E-state index in [0.717, 1.165) is 0 Å². The molecular formula is C8H7F3N4O4S. The molecule has 110 valence electrons. The Morgan fingerprint density at radius 1 is 1.35 bits per heavy atom. The van der Waals surface area contributed by atoms with E-state index in [4.69, 9.17) is 9.47 Å². The number of hydrogen-bond acceptors (Lipinski definition) is 7. The van der Waals surface area contributed by atoms with E-state index in [1.165, 1.54) is 0 Å². The minimum Gasteiger partial charge on any atom is -0.352 e. The fourth-order valence-electron chi connectivity index (χ4n) is 1.19. The SMILES string of the molecule is O=C(NC(=O)C1COCO1)Nc1nnc(C(F)(F)F)s1. The minimum atomic E-state index is -4.64. The highest BCUT2D eigenvalue weighted by Gasteiger charge is 2.36. The molecule has 0 aliphatic carbocycles. The number of amides is 3. The highest BCUT2D eigenvalue weighted by Crippen LogP contribution is 2.32. The van der Waals surface area contributed by atoms with Crippen molar-refractivity contribution in [1.82, 2.24) is 15.5 Å². The number of alkyl halides is 3. The lowest BCUT2D eigenvalue weighted by Gasteiger charge is -2.07. The second-order valence-electron chi connectivity index (χ2n) is 3.50. The summed E-state index contributed by atoms with van der Waals surface area (Å²) in [6.45, 7) is -0.0683. The zero-order valence-electron chi connectivity index (χ0n) is 9.56. The van der Waals surface area contributed by atoms with Gasteiger partial charge in [-0.25, -0.2) is 4.79 Å². The fourth-order valence-corrected chi connectivity index (χ4v) is 1.80. The number of imide groups is 1. The molecule has 1 aromatic heterocycles. The van der Waals surface area contributed by atoms with Gasteiger partial charge in [-0.1, -0.05) is 11.3 Å². The van der Waals surface area contributed by atoms with Crippen LogP contribution >= 0.6 is 11.3 Å². The molecule has 1 atom stereocenters. The monoisotopic (exact) mass is 312 g/mol. The highest BCUT2D eigenvalue weighted by molar-refractivity contribution is 7.15. The summed E-state index contributed by atoms with van der Waals surface area (Å²) in [7, 11) is 0. The minimum absolute atomic E-state index is 0.00383. The van der Waals surface area contributed by atoms with Crippen molar-refractivity contribution in [1.29, 1.82) is 0 Å². The zero-order valence-corrected chi connectivity index (χ0v) is 10.4. The molecule has 0 aromatic carbocycles. The first kappa shape index (κ1) is 14.6. The standard InChI is InChI=1S/C8H7F3N4O4S/c9-8(10,11)5-14-15-7(20-5)13-6(17)12-4(16)3-1-18-2-19-3/h3H,1-2H2,(H2,12,13,15,16,17). The molecule has 1 aliphatic rings. The Kier molecular flexibility index (Phi) is 4.15. The summed E-state index contributed by atoms with van der Waals surface area (Å²) in [6, 6.07) is -1.03. The van der Waals surface area contributed by atoms with Gasteiger partial charge in [-0.15, -0.1) is 10.2 Å². The molecule has 3 amide bonds. The van der Waals surface area contributed by atoms with Gasteiger partial charge in [0.2, 0.25) is 10.1 Å². The van der Waals surface area contributed by atoms with Gasteiger partial charge in [0.1, 0.15) is 6.79 Å². The maximum atomic E-state index is 12.2. The van der Waals surface area contributed by atoms with Crippen LogP contribution in [0.2, 0.25) is 0 Å². The lowest BCUT2D eigenvalue weighted by Crippen LogP contribution is -2.41. The zero-order chi connectivity index (χ0) is 14.8. The van der Waals surface area contributed by atoms with Crippen molar-refractivity contribution in [3.63, 3.8) is 0 Å². The molecule has 12 heteroatoms. The Morgan fingerprint density at radius 2 is 2.10 bits per heavy atom. The van der Waals surface area contributed by atoms with Crippen molar-refractivity contribution in [3.05, 3.63) is 5.01 Å². The number of urea groups is 1. The largest absolute Gasteiger partial charge is 0.445 e. The lowest BCUT2D eigenvalue weighted by molar-refractivity contribution is -0.138. The topological polar surface area (TPSA) is 102 Å². The van der Waals surface area contributed by atoms with Crippen LogP contribution in [-0.4, -0.2) is 41.6 Å². The summed E-state index contributed by atoms with van der Waals surface area (Å²) in [5.41, 5.74) is 0. The van der Waals surface area contributed by atoms with Crippen LogP contribution in [0.4, 0.5) is 23.1 Å². The van der Waals surface area contributed by atoms with Gasteiger partial charge in [0.15, 0.2) is 6.10 Å². The van der Waals surface area contributed by atoms with E-state index >= 15 is 0 Å². The Hall–Kier alpha value is -1.79. The molecular weight excluding hydrogens is 305 g/mol. The van der Waals surface area contributed by atoms with Crippen LogP contribution in [0, 0.1) is 0 Å². The van der Waals surface area contributed by atoms with Crippen molar-refractivity contribution in [2.24, 2.45) is 0 Å². The number of halogens is 3. The van der Waals surface area contributed by atoms with Gasteiger partial charge in [0.25, 0.3) is 5.91 Å². The van der Waals surface area contributed by atoms with Crippen molar-refractivity contribution in [2.75, 3.05) is 18.7 Å². The van der Waals surface area contributed by atoms with Crippen LogP contribution in [-0.2, 0) is 20.4 Å². The summed E-state index contributed by atoms with van der Waals surface area (Å²) >= 11 is 0.141. The van der Waals surface area contributed by atoms with Gasteiger partial charge >= 0.3 is 12.2 Å². The maximum absolute atomic E-state index is 12.2. The Bertz CT molecular complexity index is 514. The van der Waals surface area contributed by atoms with Gasteiger partial charge in [0.05, 0.1) is 6.61 Å². The number of anilines is 1. The van der Waals surface area contributed by atoms with Crippen molar-refractivity contribution in [3.8, 4) is 0 Å². The third-order valence-electron chi connectivity index (χ3n) is 2.04. The molecule has 0 radical (unpaired) electrons. The van der Waals surface area contributed by atoms with Crippen LogP contribution < -0.4 is 10.6 Å². The molecule has 0 spiro atoms. The number of carbonyl (C=O) groups excluding carboxylic acids is 2. The van der Waals surface area contributed by atoms with Gasteiger partial charge in [-0.05, 0) is 0 Å². The van der Waals surface area contributed by atoms with E-state index in [2.05, 4.69) is 10.2 Å². The van der Waals surface area contributed by atoms with Crippen LogP contribution in [0.25, 0.3) is 0 Å². The number of rotatable bonds is 2. The summed E-state index contributed by atoms with van der Waals surface area (Å²) in [5, 5.41) is 8.27. The molecule has 1 aromatic rings. The summed E-state index contributed by atoms with van der Waals surface area (Å²) in [5.74, 6) is -0.763. The normalized spacial score (nSPS) is 18.9. The molecule has 2 N–H and O–H groups in total. The van der Waals surface area contributed by atoms with Crippen molar-refractivity contribution >= 4 is 28.4 Å². The van der Waals surface area contributed by atoms with Gasteiger partial charge in [-0.2, -0.15) is 13.2 Å². The second kappa shape index (κ2) is 5.68. The summed E-state index contributed by atoms with van der Waals surface area (Å²) in [6.07, 6.45) is -5.57.